The summed E-state index contributed by atoms with van der Waals surface area (Å²) >= 11 is 0. The zero-order chi connectivity index (χ0) is 19.5. The number of rotatable bonds is 4. The van der Waals surface area contributed by atoms with Crippen LogP contribution in [0.2, 0.25) is 0 Å². The summed E-state index contributed by atoms with van der Waals surface area (Å²) in [4.78, 5) is 32.5. The minimum atomic E-state index is -0.0589. The summed E-state index contributed by atoms with van der Waals surface area (Å²) in [5.74, 6) is 1.13. The van der Waals surface area contributed by atoms with Crippen LogP contribution in [-0.2, 0) is 0 Å². The standard InChI is InChI=1S/C21H22N6O/c1-14-13-15(2)24-21(23-14)26-19-10-5-8-16(25-19)18-9-6-12-27(18)20(28)17-7-3-4-11-22-17/h3-5,7-8,10-11,13,18H,6,9,12H2,1-2H3,(H,23,24,25,26)/t18-/m0/s1. The largest absolute Gasteiger partial charge is 0.329 e. The van der Waals surface area contributed by atoms with Crippen LogP contribution in [0.5, 0.6) is 0 Å². The van der Waals surface area contributed by atoms with Gasteiger partial charge in [-0.3, -0.25) is 9.78 Å². The number of carbonyl (C=O) groups is 1. The van der Waals surface area contributed by atoms with Gasteiger partial charge < -0.3 is 10.2 Å². The minimum absolute atomic E-state index is 0.0547. The zero-order valence-corrected chi connectivity index (χ0v) is 16.0. The number of aromatic nitrogens is 4. The summed E-state index contributed by atoms with van der Waals surface area (Å²) in [6.07, 6.45) is 3.47. The number of nitrogens with one attached hydrogen (secondary N) is 1. The number of aryl methyl sites for hydroxylation is 2. The van der Waals surface area contributed by atoms with Crippen molar-refractivity contribution in [3.63, 3.8) is 0 Å². The van der Waals surface area contributed by atoms with Gasteiger partial charge in [0.05, 0.1) is 11.7 Å². The highest BCUT2D eigenvalue weighted by Gasteiger charge is 2.32. The molecular weight excluding hydrogens is 352 g/mol. The molecule has 7 nitrogen and oxygen atoms in total. The number of hydrogen-bond donors (Lipinski definition) is 1. The third kappa shape index (κ3) is 3.83. The third-order valence-electron chi connectivity index (χ3n) is 4.73. The Morgan fingerprint density at radius 1 is 1.07 bits per heavy atom. The molecule has 1 atom stereocenters. The maximum absolute atomic E-state index is 12.9. The van der Waals surface area contributed by atoms with Crippen molar-refractivity contribution >= 4 is 17.7 Å². The predicted octanol–water partition coefficient (Wildman–Crippen LogP) is 3.60. The second-order valence-corrected chi connectivity index (χ2v) is 6.92. The van der Waals surface area contributed by atoms with Crippen molar-refractivity contribution in [2.75, 3.05) is 11.9 Å². The van der Waals surface area contributed by atoms with Crippen molar-refractivity contribution in [2.45, 2.75) is 32.7 Å². The maximum atomic E-state index is 12.9. The summed E-state index contributed by atoms with van der Waals surface area (Å²) in [5, 5.41) is 3.18. The zero-order valence-electron chi connectivity index (χ0n) is 16.0. The molecule has 4 rings (SSSR count). The molecule has 1 aliphatic heterocycles. The van der Waals surface area contributed by atoms with Gasteiger partial charge in [-0.15, -0.1) is 0 Å². The number of likely N-dealkylation sites (tertiary alicyclic amines) is 1. The lowest BCUT2D eigenvalue weighted by Gasteiger charge is -2.24. The SMILES string of the molecule is Cc1cc(C)nc(Nc2cccc([C@@H]3CCCN3C(=O)c3ccccn3)n2)n1. The summed E-state index contributed by atoms with van der Waals surface area (Å²) in [6, 6.07) is 13.0. The Labute approximate surface area is 163 Å². The monoisotopic (exact) mass is 374 g/mol. The van der Waals surface area contributed by atoms with E-state index >= 15 is 0 Å². The Morgan fingerprint density at radius 2 is 1.89 bits per heavy atom. The molecule has 1 saturated heterocycles. The molecule has 3 aromatic rings. The Morgan fingerprint density at radius 3 is 2.64 bits per heavy atom. The van der Waals surface area contributed by atoms with E-state index in [4.69, 9.17) is 4.98 Å². The summed E-state index contributed by atoms with van der Waals surface area (Å²) in [7, 11) is 0. The van der Waals surface area contributed by atoms with Gasteiger partial charge in [-0.2, -0.15) is 0 Å². The summed E-state index contributed by atoms with van der Waals surface area (Å²) in [5.41, 5.74) is 3.12. The first-order chi connectivity index (χ1) is 13.6. The third-order valence-corrected chi connectivity index (χ3v) is 4.73. The van der Waals surface area contributed by atoms with E-state index in [9.17, 15) is 4.79 Å². The second kappa shape index (κ2) is 7.72. The van der Waals surface area contributed by atoms with Crippen LogP contribution in [0.4, 0.5) is 11.8 Å². The molecule has 0 bridgehead atoms. The van der Waals surface area contributed by atoms with Crippen LogP contribution in [-0.4, -0.2) is 37.3 Å². The molecule has 3 aromatic heterocycles. The van der Waals surface area contributed by atoms with Crippen LogP contribution in [0, 0.1) is 13.8 Å². The Balaban J connectivity index is 1.57. The maximum Gasteiger partial charge on any atom is 0.273 e. The molecule has 0 unspecified atom stereocenters. The van der Waals surface area contributed by atoms with E-state index in [2.05, 4.69) is 20.3 Å². The molecule has 0 radical (unpaired) electrons. The fraction of sp³-hybridized carbons (Fsp3) is 0.286. The Kier molecular flexibility index (Phi) is 4.97. The number of hydrogen-bond acceptors (Lipinski definition) is 6. The van der Waals surface area contributed by atoms with Crippen molar-refractivity contribution in [1.82, 2.24) is 24.8 Å². The molecule has 1 amide bonds. The molecule has 142 valence electrons. The molecule has 7 heteroatoms. The van der Waals surface area contributed by atoms with Crippen molar-refractivity contribution in [3.8, 4) is 0 Å². The fourth-order valence-electron chi connectivity index (χ4n) is 3.56. The molecule has 28 heavy (non-hydrogen) atoms. The lowest BCUT2D eigenvalue weighted by molar-refractivity contribution is 0.0727. The fourth-order valence-corrected chi connectivity index (χ4v) is 3.56. The highest BCUT2D eigenvalue weighted by atomic mass is 16.2. The van der Waals surface area contributed by atoms with E-state index < -0.39 is 0 Å². The highest BCUT2D eigenvalue weighted by Crippen LogP contribution is 2.32. The van der Waals surface area contributed by atoms with Crippen molar-refractivity contribution in [1.29, 1.82) is 0 Å². The van der Waals surface area contributed by atoms with Gasteiger partial charge >= 0.3 is 0 Å². The molecule has 4 heterocycles. The van der Waals surface area contributed by atoms with Gasteiger partial charge in [0.1, 0.15) is 11.5 Å². The van der Waals surface area contributed by atoms with E-state index in [1.165, 1.54) is 0 Å². The minimum Gasteiger partial charge on any atom is -0.329 e. The molecule has 1 N–H and O–H groups in total. The Hall–Kier alpha value is -3.35. The van der Waals surface area contributed by atoms with Crippen molar-refractivity contribution in [2.24, 2.45) is 0 Å². The molecule has 0 spiro atoms. The first kappa shape index (κ1) is 18.0. The van der Waals surface area contributed by atoms with Crippen molar-refractivity contribution in [3.05, 3.63) is 71.4 Å². The highest BCUT2D eigenvalue weighted by molar-refractivity contribution is 5.92. The topological polar surface area (TPSA) is 83.9 Å². The van der Waals surface area contributed by atoms with Crippen molar-refractivity contribution < 1.29 is 4.79 Å². The van der Waals surface area contributed by atoms with Gasteiger partial charge in [0, 0.05) is 24.1 Å². The van der Waals surface area contributed by atoms with Crippen LogP contribution in [0.3, 0.4) is 0 Å². The van der Waals surface area contributed by atoms with Crippen LogP contribution in [0.15, 0.2) is 48.7 Å². The number of anilines is 2. The first-order valence-corrected chi connectivity index (χ1v) is 9.38. The van der Waals surface area contributed by atoms with Crippen LogP contribution in [0.25, 0.3) is 0 Å². The lowest BCUT2D eigenvalue weighted by Crippen LogP contribution is -2.31. The van der Waals surface area contributed by atoms with E-state index in [-0.39, 0.29) is 11.9 Å². The predicted molar refractivity (Wildman–Crippen MR) is 106 cm³/mol. The molecule has 0 aromatic carbocycles. The molecule has 0 aliphatic carbocycles. The van der Waals surface area contributed by atoms with Gasteiger partial charge in [-0.1, -0.05) is 12.1 Å². The van der Waals surface area contributed by atoms with Gasteiger partial charge in [-0.05, 0) is 57.0 Å². The molecule has 0 saturated carbocycles. The van der Waals surface area contributed by atoms with E-state index in [0.29, 0.717) is 24.0 Å². The Bertz CT molecular complexity index is 971. The van der Waals surface area contributed by atoms with E-state index in [1.54, 1.807) is 12.3 Å². The van der Waals surface area contributed by atoms with E-state index in [0.717, 1.165) is 29.9 Å². The van der Waals surface area contributed by atoms with E-state index in [1.807, 2.05) is 55.1 Å². The van der Waals surface area contributed by atoms with Gasteiger partial charge in [-0.25, -0.2) is 15.0 Å². The van der Waals surface area contributed by atoms with Gasteiger partial charge in [0.15, 0.2) is 0 Å². The number of amides is 1. The average Bonchev–Trinajstić information content (AvgIpc) is 3.17. The number of pyridine rings is 2. The first-order valence-electron chi connectivity index (χ1n) is 9.38. The molecule has 1 fully saturated rings. The summed E-state index contributed by atoms with van der Waals surface area (Å²) < 4.78 is 0. The average molecular weight is 374 g/mol. The quantitative estimate of drug-likeness (QED) is 0.751. The van der Waals surface area contributed by atoms with Gasteiger partial charge in [0.25, 0.3) is 5.91 Å². The van der Waals surface area contributed by atoms with Crippen LogP contribution < -0.4 is 5.32 Å². The smallest absolute Gasteiger partial charge is 0.273 e. The lowest BCUT2D eigenvalue weighted by atomic mass is 10.1. The van der Waals surface area contributed by atoms with Crippen LogP contribution in [0.1, 0.15) is 46.5 Å². The van der Waals surface area contributed by atoms with Crippen LogP contribution >= 0.6 is 0 Å². The van der Waals surface area contributed by atoms with Gasteiger partial charge in [0.2, 0.25) is 5.95 Å². The molecule has 1 aliphatic rings. The molecular formula is C21H22N6O. The number of nitrogens with zero attached hydrogens (tertiary/aromatic N) is 5. The summed E-state index contributed by atoms with van der Waals surface area (Å²) in [6.45, 7) is 4.58. The number of carbonyl (C=O) groups excluding carboxylic acids is 1. The normalized spacial score (nSPS) is 16.2. The second-order valence-electron chi connectivity index (χ2n) is 6.92.